The minimum atomic E-state index is -0.244. The average molecular weight is 328 g/mol. The number of amides is 1. The first-order valence-electron chi connectivity index (χ1n) is 8.88. The molecule has 1 aromatic rings. The van der Waals surface area contributed by atoms with Gasteiger partial charge >= 0.3 is 0 Å². The van der Waals surface area contributed by atoms with E-state index in [0.29, 0.717) is 31.1 Å². The molecule has 2 aliphatic rings. The molecule has 24 heavy (non-hydrogen) atoms. The Morgan fingerprint density at radius 3 is 2.67 bits per heavy atom. The first-order chi connectivity index (χ1) is 11.6. The van der Waals surface area contributed by atoms with Crippen molar-refractivity contribution in [1.82, 2.24) is 4.90 Å². The minimum Gasteiger partial charge on any atom is -0.334 e. The summed E-state index contributed by atoms with van der Waals surface area (Å²) in [5, 5.41) is 0. The van der Waals surface area contributed by atoms with Crippen molar-refractivity contribution in [2.24, 2.45) is 10.9 Å². The van der Waals surface area contributed by atoms with Gasteiger partial charge in [0.1, 0.15) is 5.82 Å². The van der Waals surface area contributed by atoms with E-state index in [1.807, 2.05) is 24.0 Å². The fourth-order valence-electron chi connectivity index (χ4n) is 3.62. The smallest absolute Gasteiger partial charge is 0.252 e. The molecule has 1 aliphatic carbocycles. The van der Waals surface area contributed by atoms with Crippen LogP contribution in [0.1, 0.15) is 44.6 Å². The van der Waals surface area contributed by atoms with E-state index in [2.05, 4.69) is 4.99 Å². The Labute approximate surface area is 143 Å². The Morgan fingerprint density at radius 1 is 1.25 bits per heavy atom. The van der Waals surface area contributed by atoms with Gasteiger partial charge in [-0.3, -0.25) is 9.79 Å². The van der Waals surface area contributed by atoms with E-state index in [-0.39, 0.29) is 11.7 Å². The minimum absolute atomic E-state index is 0.00410. The van der Waals surface area contributed by atoms with Crippen molar-refractivity contribution >= 4 is 11.6 Å². The Balaban J connectivity index is 1.76. The van der Waals surface area contributed by atoms with Gasteiger partial charge in [-0.15, -0.1) is 0 Å². The van der Waals surface area contributed by atoms with Crippen LogP contribution in [-0.2, 0) is 11.3 Å². The number of benzene rings is 1. The molecular weight excluding hydrogens is 303 g/mol. The summed E-state index contributed by atoms with van der Waals surface area (Å²) in [7, 11) is 0. The quantitative estimate of drug-likeness (QED) is 0.800. The van der Waals surface area contributed by atoms with Gasteiger partial charge in [0.25, 0.3) is 5.91 Å². The zero-order chi connectivity index (χ0) is 16.9. The highest BCUT2D eigenvalue weighted by atomic mass is 19.1. The maximum absolute atomic E-state index is 14.1. The molecule has 0 radical (unpaired) electrons. The number of allylic oxidation sites excluding steroid dienone is 1. The van der Waals surface area contributed by atoms with E-state index in [1.165, 1.54) is 25.3 Å². The normalized spacial score (nSPS) is 18.2. The first-order valence-corrected chi connectivity index (χ1v) is 8.88. The number of hydrogen-bond donors (Lipinski definition) is 0. The van der Waals surface area contributed by atoms with Crippen molar-refractivity contribution < 1.29 is 9.18 Å². The van der Waals surface area contributed by atoms with E-state index < -0.39 is 0 Å². The number of carbonyl (C=O) groups excluding carboxylic acids is 1. The molecule has 0 atom stereocenters. The maximum atomic E-state index is 14.1. The highest BCUT2D eigenvalue weighted by Crippen LogP contribution is 2.26. The molecule has 1 amide bonds. The lowest BCUT2D eigenvalue weighted by Crippen LogP contribution is -2.37. The number of rotatable bonds is 5. The van der Waals surface area contributed by atoms with Crippen LogP contribution in [0.3, 0.4) is 0 Å². The second-order valence-electron chi connectivity index (χ2n) is 6.91. The SMILES string of the molecule is CC1=NCC(C(=O)N(Cc2ccccc2F)CC2CCCCC2)=C1. The van der Waals surface area contributed by atoms with Gasteiger partial charge in [-0.25, -0.2) is 4.39 Å². The Hall–Kier alpha value is -1.97. The zero-order valence-electron chi connectivity index (χ0n) is 14.3. The molecule has 0 unspecified atom stereocenters. The van der Waals surface area contributed by atoms with E-state index >= 15 is 0 Å². The van der Waals surface area contributed by atoms with Crippen molar-refractivity contribution in [3.05, 3.63) is 47.3 Å². The van der Waals surface area contributed by atoms with Gasteiger partial charge < -0.3 is 4.90 Å². The fraction of sp³-hybridized carbons (Fsp3) is 0.500. The van der Waals surface area contributed by atoms with Crippen LogP contribution >= 0.6 is 0 Å². The topological polar surface area (TPSA) is 32.7 Å². The van der Waals surface area contributed by atoms with E-state index in [0.717, 1.165) is 24.1 Å². The van der Waals surface area contributed by atoms with Crippen LogP contribution in [0.2, 0.25) is 0 Å². The standard InChI is InChI=1S/C20H25FN2O/c1-15-11-18(12-22-15)20(24)23(13-16-7-3-2-4-8-16)14-17-9-5-6-10-19(17)21/h5-6,9-11,16H,2-4,7-8,12-14H2,1H3. The second kappa shape index (κ2) is 7.73. The number of aliphatic imine (C=N–C) groups is 1. The molecule has 0 spiro atoms. The van der Waals surface area contributed by atoms with Crippen molar-refractivity contribution in [3.8, 4) is 0 Å². The average Bonchev–Trinajstić information content (AvgIpc) is 3.03. The summed E-state index contributed by atoms with van der Waals surface area (Å²) in [5.41, 5.74) is 2.19. The lowest BCUT2D eigenvalue weighted by Gasteiger charge is -2.30. The lowest BCUT2D eigenvalue weighted by molar-refractivity contribution is -0.128. The van der Waals surface area contributed by atoms with Gasteiger partial charge in [0.05, 0.1) is 6.54 Å². The summed E-state index contributed by atoms with van der Waals surface area (Å²) in [5.74, 6) is 0.287. The van der Waals surface area contributed by atoms with Crippen LogP contribution in [0.5, 0.6) is 0 Å². The van der Waals surface area contributed by atoms with Crippen LogP contribution < -0.4 is 0 Å². The third-order valence-electron chi connectivity index (χ3n) is 4.97. The van der Waals surface area contributed by atoms with Crippen molar-refractivity contribution in [3.63, 3.8) is 0 Å². The molecule has 1 heterocycles. The molecule has 128 valence electrons. The number of hydrogen-bond acceptors (Lipinski definition) is 2. The van der Waals surface area contributed by atoms with Crippen LogP contribution in [0.25, 0.3) is 0 Å². The lowest BCUT2D eigenvalue weighted by atomic mass is 9.88. The maximum Gasteiger partial charge on any atom is 0.252 e. The summed E-state index contributed by atoms with van der Waals surface area (Å²) >= 11 is 0. The molecule has 1 aromatic carbocycles. The molecule has 0 aromatic heterocycles. The second-order valence-corrected chi connectivity index (χ2v) is 6.91. The number of nitrogens with zero attached hydrogens (tertiary/aromatic N) is 2. The predicted octanol–water partition coefficient (Wildman–Crippen LogP) is 4.14. The summed E-state index contributed by atoms with van der Waals surface area (Å²) in [6.45, 7) is 3.40. The van der Waals surface area contributed by atoms with Crippen molar-refractivity contribution in [2.75, 3.05) is 13.1 Å². The molecule has 1 aliphatic heterocycles. The fourth-order valence-corrected chi connectivity index (χ4v) is 3.62. The molecule has 0 bridgehead atoms. The van der Waals surface area contributed by atoms with Gasteiger partial charge in [-0.05, 0) is 37.8 Å². The molecule has 0 N–H and O–H groups in total. The Bertz CT molecular complexity index is 659. The monoisotopic (exact) mass is 328 g/mol. The van der Waals surface area contributed by atoms with Gasteiger partial charge in [-0.2, -0.15) is 0 Å². The van der Waals surface area contributed by atoms with Gasteiger partial charge in [0, 0.05) is 29.9 Å². The van der Waals surface area contributed by atoms with Crippen molar-refractivity contribution in [1.29, 1.82) is 0 Å². The van der Waals surface area contributed by atoms with Gasteiger partial charge in [0.15, 0.2) is 0 Å². The molecule has 0 saturated heterocycles. The van der Waals surface area contributed by atoms with E-state index in [1.54, 1.807) is 12.1 Å². The first kappa shape index (κ1) is 16.9. The molecular formula is C20H25FN2O. The summed E-state index contributed by atoms with van der Waals surface area (Å²) in [4.78, 5) is 19.1. The molecule has 1 fully saturated rings. The van der Waals surface area contributed by atoms with Crippen LogP contribution in [-0.4, -0.2) is 29.6 Å². The third kappa shape index (κ3) is 4.11. The summed E-state index contributed by atoms with van der Waals surface area (Å²) in [6.07, 6.45) is 7.94. The Morgan fingerprint density at radius 2 is 2.00 bits per heavy atom. The van der Waals surface area contributed by atoms with Crippen molar-refractivity contribution in [2.45, 2.75) is 45.6 Å². The Kier molecular flexibility index (Phi) is 5.44. The highest BCUT2D eigenvalue weighted by Gasteiger charge is 2.25. The zero-order valence-corrected chi connectivity index (χ0v) is 14.3. The largest absolute Gasteiger partial charge is 0.334 e. The predicted molar refractivity (Wildman–Crippen MR) is 94.5 cm³/mol. The van der Waals surface area contributed by atoms with Crippen LogP contribution in [0, 0.1) is 11.7 Å². The van der Waals surface area contributed by atoms with Crippen LogP contribution in [0.4, 0.5) is 4.39 Å². The molecule has 4 heteroatoms. The van der Waals surface area contributed by atoms with E-state index in [4.69, 9.17) is 0 Å². The number of carbonyl (C=O) groups is 1. The highest BCUT2D eigenvalue weighted by molar-refractivity contribution is 6.06. The third-order valence-corrected chi connectivity index (χ3v) is 4.97. The summed E-state index contributed by atoms with van der Waals surface area (Å²) in [6, 6.07) is 6.73. The summed E-state index contributed by atoms with van der Waals surface area (Å²) < 4.78 is 14.1. The van der Waals surface area contributed by atoms with Gasteiger partial charge in [0.2, 0.25) is 0 Å². The van der Waals surface area contributed by atoms with E-state index in [9.17, 15) is 9.18 Å². The number of halogens is 1. The molecule has 1 saturated carbocycles. The van der Waals surface area contributed by atoms with Gasteiger partial charge in [-0.1, -0.05) is 37.5 Å². The molecule has 3 nitrogen and oxygen atoms in total. The molecule has 3 rings (SSSR count). The van der Waals surface area contributed by atoms with Crippen LogP contribution in [0.15, 0.2) is 40.9 Å².